The predicted octanol–water partition coefficient (Wildman–Crippen LogP) is 1.94. The van der Waals surface area contributed by atoms with E-state index in [1.165, 1.54) is 0 Å². The van der Waals surface area contributed by atoms with Crippen molar-refractivity contribution in [1.29, 1.82) is 0 Å². The highest BCUT2D eigenvalue weighted by Gasteiger charge is 2.28. The molecule has 1 aliphatic heterocycles. The molecule has 0 spiro atoms. The fourth-order valence-corrected chi connectivity index (χ4v) is 2.32. The van der Waals surface area contributed by atoms with Crippen molar-refractivity contribution in [2.75, 3.05) is 40.3 Å². The Labute approximate surface area is 157 Å². The number of carbonyl (C=O) groups is 1. The molecule has 1 aliphatic rings. The molecular weight excluding hydrogens is 349 g/mol. The first-order chi connectivity index (χ1) is 10.6. The van der Waals surface area contributed by atoms with Gasteiger partial charge in [0.15, 0.2) is 0 Å². The molecule has 5 nitrogen and oxygen atoms in total. The average Bonchev–Trinajstić information content (AvgIpc) is 2.43. The van der Waals surface area contributed by atoms with Crippen LogP contribution < -0.4 is 15.4 Å². The molecule has 0 radical (unpaired) electrons. The lowest BCUT2D eigenvalue weighted by Gasteiger charge is -2.31. The van der Waals surface area contributed by atoms with Crippen molar-refractivity contribution in [2.45, 2.75) is 13.5 Å². The lowest BCUT2D eigenvalue weighted by Crippen LogP contribution is -2.49. The summed E-state index contributed by atoms with van der Waals surface area (Å²) in [5.74, 6) is 1.52. The third kappa shape index (κ3) is 7.26. The van der Waals surface area contributed by atoms with Gasteiger partial charge in [-0.1, -0.05) is 19.1 Å². The van der Waals surface area contributed by atoms with Gasteiger partial charge in [0.1, 0.15) is 12.4 Å². The lowest BCUT2D eigenvalue weighted by molar-refractivity contribution is -0.126. The second kappa shape index (κ2) is 11.5. The van der Waals surface area contributed by atoms with Gasteiger partial charge in [-0.25, -0.2) is 0 Å². The van der Waals surface area contributed by atoms with Crippen molar-refractivity contribution < 1.29 is 9.53 Å². The van der Waals surface area contributed by atoms with Crippen LogP contribution in [0.3, 0.4) is 0 Å². The first-order valence-electron chi connectivity index (χ1n) is 7.91. The summed E-state index contributed by atoms with van der Waals surface area (Å²) in [4.78, 5) is 14.2. The molecule has 0 bridgehead atoms. The molecule has 24 heavy (non-hydrogen) atoms. The Morgan fingerprint density at radius 2 is 2.08 bits per heavy atom. The van der Waals surface area contributed by atoms with Crippen LogP contribution in [0.5, 0.6) is 5.75 Å². The number of likely N-dealkylation sites (N-methyl/N-ethyl adjacent to an activating group) is 1. The number of nitrogens with one attached hydrogen (secondary N) is 2. The monoisotopic (exact) mass is 377 g/mol. The highest BCUT2D eigenvalue weighted by Crippen LogP contribution is 2.17. The van der Waals surface area contributed by atoms with Crippen LogP contribution in [-0.4, -0.2) is 51.1 Å². The maximum absolute atomic E-state index is 12.1. The number of carbonyl (C=O) groups excluding carboxylic acids is 1. The molecule has 1 fully saturated rings. The Kier molecular flexibility index (Phi) is 11.0. The minimum absolute atomic E-state index is 0. The molecule has 7 heteroatoms. The zero-order valence-corrected chi connectivity index (χ0v) is 16.2. The van der Waals surface area contributed by atoms with E-state index in [0.29, 0.717) is 19.1 Å². The average molecular weight is 378 g/mol. The van der Waals surface area contributed by atoms with Crippen molar-refractivity contribution in [3.63, 3.8) is 0 Å². The molecule has 1 heterocycles. The molecule has 1 aromatic rings. The van der Waals surface area contributed by atoms with Crippen LogP contribution >= 0.6 is 24.8 Å². The lowest BCUT2D eigenvalue weighted by atomic mass is 9.88. The van der Waals surface area contributed by atoms with Crippen molar-refractivity contribution in [2.24, 2.45) is 11.8 Å². The maximum atomic E-state index is 12.1. The predicted molar refractivity (Wildman–Crippen MR) is 102 cm³/mol. The van der Waals surface area contributed by atoms with E-state index in [4.69, 9.17) is 4.74 Å². The summed E-state index contributed by atoms with van der Waals surface area (Å²) in [6.07, 6.45) is 0. The second-order valence-corrected chi connectivity index (χ2v) is 6.22. The van der Waals surface area contributed by atoms with Gasteiger partial charge in [0.25, 0.3) is 0 Å². The summed E-state index contributed by atoms with van der Waals surface area (Å²) in [5.41, 5.74) is 1.06. The molecule has 1 amide bonds. The highest BCUT2D eigenvalue weighted by molar-refractivity contribution is 5.85. The van der Waals surface area contributed by atoms with Crippen molar-refractivity contribution >= 4 is 30.7 Å². The number of benzene rings is 1. The molecular formula is C17H29Cl2N3O2. The second-order valence-electron chi connectivity index (χ2n) is 6.22. The third-order valence-corrected chi connectivity index (χ3v) is 4.11. The number of hydrogen-bond donors (Lipinski definition) is 2. The van der Waals surface area contributed by atoms with Crippen molar-refractivity contribution in [1.82, 2.24) is 15.5 Å². The molecule has 2 rings (SSSR count). The number of amides is 1. The summed E-state index contributed by atoms with van der Waals surface area (Å²) in [5, 5.41) is 6.22. The minimum atomic E-state index is 0. The summed E-state index contributed by atoms with van der Waals surface area (Å²) in [7, 11) is 4.04. The first-order valence-corrected chi connectivity index (χ1v) is 7.91. The van der Waals surface area contributed by atoms with E-state index < -0.39 is 0 Å². The van der Waals surface area contributed by atoms with Gasteiger partial charge in [0.05, 0.1) is 0 Å². The minimum Gasteiger partial charge on any atom is -0.492 e. The Balaban J connectivity index is 0.00000264. The van der Waals surface area contributed by atoms with Crippen LogP contribution in [0.25, 0.3) is 0 Å². The maximum Gasteiger partial charge on any atom is 0.223 e. The zero-order valence-electron chi connectivity index (χ0n) is 14.6. The van der Waals surface area contributed by atoms with E-state index >= 15 is 0 Å². The smallest absolute Gasteiger partial charge is 0.223 e. The van der Waals surface area contributed by atoms with Crippen molar-refractivity contribution in [3.05, 3.63) is 29.8 Å². The van der Waals surface area contributed by atoms with Gasteiger partial charge in [-0.05, 0) is 50.8 Å². The molecule has 0 aliphatic carbocycles. The number of nitrogens with zero attached hydrogens (tertiary/aromatic N) is 1. The van der Waals surface area contributed by atoms with Crippen LogP contribution in [0.1, 0.15) is 12.5 Å². The van der Waals surface area contributed by atoms with E-state index in [2.05, 4.69) is 15.5 Å². The van der Waals surface area contributed by atoms with Crippen LogP contribution in [0, 0.1) is 11.8 Å². The van der Waals surface area contributed by atoms with E-state index in [9.17, 15) is 4.79 Å². The number of hydrogen-bond acceptors (Lipinski definition) is 4. The van der Waals surface area contributed by atoms with Crippen molar-refractivity contribution in [3.8, 4) is 5.75 Å². The topological polar surface area (TPSA) is 53.6 Å². The fourth-order valence-electron chi connectivity index (χ4n) is 2.32. The quantitative estimate of drug-likeness (QED) is 0.726. The standard InChI is InChI=1S/C17H27N3O2.2ClH/c1-13(15-11-18-12-15)17(21)19-10-14-5-4-6-16(9-14)22-8-7-20(2)3;;/h4-6,9,13,15,18H,7-8,10-12H2,1-3H3,(H,19,21);2*1H. The number of halogens is 2. The Morgan fingerprint density at radius 3 is 2.67 bits per heavy atom. The Hall–Kier alpha value is -1.01. The SMILES string of the molecule is CC(C(=O)NCc1cccc(OCCN(C)C)c1)C1CNC1.Cl.Cl. The van der Waals surface area contributed by atoms with Gasteiger partial charge in [-0.3, -0.25) is 4.79 Å². The van der Waals surface area contributed by atoms with Gasteiger partial charge in [-0.2, -0.15) is 0 Å². The molecule has 1 atom stereocenters. The Bertz CT molecular complexity index is 496. The van der Waals surface area contributed by atoms with E-state index in [1.807, 2.05) is 45.3 Å². The number of rotatable bonds is 8. The zero-order chi connectivity index (χ0) is 15.9. The summed E-state index contributed by atoms with van der Waals surface area (Å²) >= 11 is 0. The highest BCUT2D eigenvalue weighted by atomic mass is 35.5. The van der Waals surface area contributed by atoms with Crippen LogP contribution in [0.2, 0.25) is 0 Å². The number of ether oxygens (including phenoxy) is 1. The summed E-state index contributed by atoms with van der Waals surface area (Å²) in [6, 6.07) is 7.91. The molecule has 138 valence electrons. The van der Waals surface area contributed by atoms with Gasteiger partial charge < -0.3 is 20.3 Å². The van der Waals surface area contributed by atoms with E-state index in [-0.39, 0.29) is 36.6 Å². The summed E-state index contributed by atoms with van der Waals surface area (Å²) < 4.78 is 5.71. The van der Waals surface area contributed by atoms with E-state index in [0.717, 1.165) is 30.9 Å². The van der Waals surface area contributed by atoms with E-state index in [1.54, 1.807) is 0 Å². The molecule has 0 saturated carbocycles. The molecule has 1 aromatic carbocycles. The van der Waals surface area contributed by atoms with Gasteiger partial charge in [0, 0.05) is 19.0 Å². The first kappa shape index (κ1) is 23.0. The summed E-state index contributed by atoms with van der Waals surface area (Å²) in [6.45, 7) is 5.99. The fraction of sp³-hybridized carbons (Fsp3) is 0.588. The third-order valence-electron chi connectivity index (χ3n) is 4.11. The van der Waals surface area contributed by atoms with Crippen LogP contribution in [0.4, 0.5) is 0 Å². The molecule has 0 aromatic heterocycles. The molecule has 1 unspecified atom stereocenters. The Morgan fingerprint density at radius 1 is 1.38 bits per heavy atom. The normalized spacial score (nSPS) is 14.8. The van der Waals surface area contributed by atoms with Gasteiger partial charge in [0.2, 0.25) is 5.91 Å². The van der Waals surface area contributed by atoms with Crippen LogP contribution in [-0.2, 0) is 11.3 Å². The van der Waals surface area contributed by atoms with Gasteiger partial charge >= 0.3 is 0 Å². The molecule has 1 saturated heterocycles. The van der Waals surface area contributed by atoms with Gasteiger partial charge in [-0.15, -0.1) is 24.8 Å². The molecule has 2 N–H and O–H groups in total. The van der Waals surface area contributed by atoms with Crippen LogP contribution in [0.15, 0.2) is 24.3 Å². The largest absolute Gasteiger partial charge is 0.492 e.